The highest BCUT2D eigenvalue weighted by Crippen LogP contribution is 1.88. The molecule has 1 atom stereocenters. The molecular weight excluding hydrogens is 202 g/mol. The predicted octanol–water partition coefficient (Wildman–Crippen LogP) is -0.595. The molecule has 0 saturated heterocycles. The molecule has 86 valence electrons. The summed E-state index contributed by atoms with van der Waals surface area (Å²) < 4.78 is 9.82. The zero-order valence-electron chi connectivity index (χ0n) is 8.73. The molecule has 0 aromatic rings. The van der Waals surface area contributed by atoms with Crippen molar-refractivity contribution in [1.82, 2.24) is 5.32 Å². The van der Waals surface area contributed by atoms with Gasteiger partial charge in [0.2, 0.25) is 5.91 Å². The number of methoxy groups -OCH3 is 2. The second kappa shape index (κ2) is 7.95. The number of rotatable bonds is 7. The van der Waals surface area contributed by atoms with Gasteiger partial charge in [0.15, 0.2) is 0 Å². The fraction of sp³-hybridized carbons (Fsp3) is 0.556. The van der Waals surface area contributed by atoms with E-state index in [1.165, 1.54) is 14.2 Å². The van der Waals surface area contributed by atoms with Gasteiger partial charge in [-0.05, 0) is 0 Å². The van der Waals surface area contributed by atoms with Crippen molar-refractivity contribution in [3.8, 4) is 0 Å². The normalized spacial score (nSPS) is 12.7. The Morgan fingerprint density at radius 1 is 1.40 bits per heavy atom. The largest absolute Gasteiger partial charge is 0.478 e. The second-order valence-corrected chi connectivity index (χ2v) is 2.73. The Hall–Kier alpha value is -1.40. The minimum absolute atomic E-state index is 0.239. The fourth-order valence-electron chi connectivity index (χ4n) is 0.817. The average molecular weight is 217 g/mol. The summed E-state index contributed by atoms with van der Waals surface area (Å²) >= 11 is 0. The molecule has 0 spiro atoms. The molecular formula is C9H15NO5. The molecule has 6 nitrogen and oxygen atoms in total. The molecule has 0 aliphatic rings. The summed E-state index contributed by atoms with van der Waals surface area (Å²) in [4.78, 5) is 21.1. The first-order valence-corrected chi connectivity index (χ1v) is 4.30. The Kier molecular flexibility index (Phi) is 7.21. The van der Waals surface area contributed by atoms with Gasteiger partial charge in [-0.2, -0.15) is 0 Å². The van der Waals surface area contributed by atoms with Crippen molar-refractivity contribution in [2.45, 2.75) is 6.10 Å². The Balaban J connectivity index is 3.82. The number of ether oxygens (including phenoxy) is 2. The van der Waals surface area contributed by atoms with Crippen LogP contribution in [0.4, 0.5) is 0 Å². The maximum absolute atomic E-state index is 11.0. The molecule has 0 aliphatic heterocycles. The van der Waals surface area contributed by atoms with Crippen LogP contribution in [0.15, 0.2) is 12.2 Å². The monoisotopic (exact) mass is 217 g/mol. The molecule has 1 unspecified atom stereocenters. The van der Waals surface area contributed by atoms with Gasteiger partial charge in [0.05, 0.1) is 12.7 Å². The number of carbonyl (C=O) groups is 2. The molecule has 1 amide bonds. The van der Waals surface area contributed by atoms with Crippen molar-refractivity contribution in [2.75, 3.05) is 27.4 Å². The molecule has 0 aromatic carbocycles. The first kappa shape index (κ1) is 13.6. The van der Waals surface area contributed by atoms with Crippen molar-refractivity contribution in [1.29, 1.82) is 0 Å². The summed E-state index contributed by atoms with van der Waals surface area (Å²) in [6.45, 7) is 0.632. The number of nitrogens with one attached hydrogen (secondary N) is 1. The van der Waals surface area contributed by atoms with E-state index in [4.69, 9.17) is 14.6 Å². The highest BCUT2D eigenvalue weighted by atomic mass is 16.5. The third-order valence-electron chi connectivity index (χ3n) is 1.57. The lowest BCUT2D eigenvalue weighted by Crippen LogP contribution is -2.34. The Morgan fingerprint density at radius 2 is 2.07 bits per heavy atom. The summed E-state index contributed by atoms with van der Waals surface area (Å²) in [6.07, 6.45) is 1.48. The topological polar surface area (TPSA) is 84.9 Å². The minimum Gasteiger partial charge on any atom is -0.478 e. The first-order chi connectivity index (χ1) is 7.10. The van der Waals surface area contributed by atoms with Crippen molar-refractivity contribution in [3.63, 3.8) is 0 Å². The summed E-state index contributed by atoms with van der Waals surface area (Å²) in [5, 5.41) is 10.7. The summed E-state index contributed by atoms with van der Waals surface area (Å²) in [5.74, 6) is -1.64. The molecule has 15 heavy (non-hydrogen) atoms. The third-order valence-corrected chi connectivity index (χ3v) is 1.57. The number of hydrogen-bond acceptors (Lipinski definition) is 4. The lowest BCUT2D eigenvalue weighted by Gasteiger charge is -2.13. The Bertz CT molecular complexity index is 239. The molecule has 2 N–H and O–H groups in total. The van der Waals surface area contributed by atoms with E-state index in [9.17, 15) is 9.59 Å². The van der Waals surface area contributed by atoms with Crippen LogP contribution in [0.2, 0.25) is 0 Å². The van der Waals surface area contributed by atoms with E-state index in [1.54, 1.807) is 0 Å². The summed E-state index contributed by atoms with van der Waals surface area (Å²) in [7, 11) is 3.03. The maximum Gasteiger partial charge on any atom is 0.328 e. The van der Waals surface area contributed by atoms with E-state index in [1.807, 2.05) is 0 Å². The number of amides is 1. The number of carbonyl (C=O) groups excluding carboxylic acids is 1. The van der Waals surface area contributed by atoms with Gasteiger partial charge in [-0.1, -0.05) is 0 Å². The molecule has 0 fully saturated rings. The lowest BCUT2D eigenvalue weighted by atomic mass is 10.3. The van der Waals surface area contributed by atoms with Crippen LogP contribution in [0.25, 0.3) is 0 Å². The molecule has 0 heterocycles. The van der Waals surface area contributed by atoms with Gasteiger partial charge in [0.25, 0.3) is 0 Å². The van der Waals surface area contributed by atoms with E-state index >= 15 is 0 Å². The number of carboxylic acid groups (broad SMARTS) is 1. The van der Waals surface area contributed by atoms with Crippen molar-refractivity contribution in [3.05, 3.63) is 12.2 Å². The van der Waals surface area contributed by atoms with Crippen LogP contribution in [0, 0.1) is 0 Å². The van der Waals surface area contributed by atoms with E-state index < -0.39 is 11.9 Å². The van der Waals surface area contributed by atoms with E-state index in [0.29, 0.717) is 6.61 Å². The highest BCUT2D eigenvalue weighted by Gasteiger charge is 2.07. The quantitative estimate of drug-likeness (QED) is 0.556. The van der Waals surface area contributed by atoms with Gasteiger partial charge in [-0.25, -0.2) is 4.79 Å². The summed E-state index contributed by atoms with van der Waals surface area (Å²) in [5.41, 5.74) is 0. The zero-order chi connectivity index (χ0) is 11.7. The maximum atomic E-state index is 11.0. The van der Waals surface area contributed by atoms with Crippen molar-refractivity contribution in [2.24, 2.45) is 0 Å². The Morgan fingerprint density at radius 3 is 2.53 bits per heavy atom. The van der Waals surface area contributed by atoms with Crippen molar-refractivity contribution < 1.29 is 24.2 Å². The highest BCUT2D eigenvalue weighted by molar-refractivity contribution is 5.93. The average Bonchev–Trinajstić information content (AvgIpc) is 2.21. The molecule has 0 aliphatic carbocycles. The summed E-state index contributed by atoms with van der Waals surface area (Å²) in [6, 6.07) is 0. The number of hydrogen-bond donors (Lipinski definition) is 2. The molecule has 0 bridgehead atoms. The second-order valence-electron chi connectivity index (χ2n) is 2.73. The molecule has 0 saturated carbocycles. The van der Waals surface area contributed by atoms with Gasteiger partial charge in [0, 0.05) is 32.9 Å². The zero-order valence-corrected chi connectivity index (χ0v) is 8.73. The first-order valence-electron chi connectivity index (χ1n) is 4.30. The van der Waals surface area contributed by atoms with Crippen LogP contribution in [0.5, 0.6) is 0 Å². The van der Waals surface area contributed by atoms with Crippen molar-refractivity contribution >= 4 is 11.9 Å². The van der Waals surface area contributed by atoms with E-state index in [0.717, 1.165) is 12.2 Å². The van der Waals surface area contributed by atoms with Crippen LogP contribution in [0.3, 0.4) is 0 Å². The number of aliphatic carboxylic acids is 1. The van der Waals surface area contributed by atoms with Gasteiger partial charge in [0.1, 0.15) is 0 Å². The third kappa shape index (κ3) is 7.65. The van der Waals surface area contributed by atoms with Gasteiger partial charge in [-0.3, -0.25) is 4.79 Å². The molecule has 0 radical (unpaired) electrons. The lowest BCUT2D eigenvalue weighted by molar-refractivity contribution is -0.131. The predicted molar refractivity (Wildman–Crippen MR) is 52.5 cm³/mol. The molecule has 0 rings (SSSR count). The van der Waals surface area contributed by atoms with Gasteiger partial charge >= 0.3 is 5.97 Å². The molecule has 6 heteroatoms. The van der Waals surface area contributed by atoms with Crippen LogP contribution in [-0.2, 0) is 19.1 Å². The van der Waals surface area contributed by atoms with Gasteiger partial charge in [-0.15, -0.1) is 0 Å². The van der Waals surface area contributed by atoms with Crippen LogP contribution in [0.1, 0.15) is 0 Å². The molecule has 0 aromatic heterocycles. The van der Waals surface area contributed by atoms with Crippen LogP contribution in [-0.4, -0.2) is 50.5 Å². The fourth-order valence-corrected chi connectivity index (χ4v) is 0.817. The minimum atomic E-state index is -1.16. The SMILES string of the molecule is COCC(CNC(=O)/C=C/C(=O)O)OC. The van der Waals surface area contributed by atoms with Crippen LogP contribution < -0.4 is 5.32 Å². The number of carboxylic acids is 1. The smallest absolute Gasteiger partial charge is 0.328 e. The van der Waals surface area contributed by atoms with E-state index in [2.05, 4.69) is 5.32 Å². The Labute approximate surface area is 87.9 Å². The van der Waals surface area contributed by atoms with E-state index in [-0.39, 0.29) is 12.6 Å². The van der Waals surface area contributed by atoms with Gasteiger partial charge < -0.3 is 19.9 Å². The standard InChI is InChI=1S/C9H15NO5/c1-14-6-7(15-2)5-10-8(11)3-4-9(12)13/h3-4,7H,5-6H2,1-2H3,(H,10,11)(H,12,13)/b4-3+. The van der Waals surface area contributed by atoms with Crippen LogP contribution >= 0.6 is 0 Å².